The first-order valence-electron chi connectivity index (χ1n) is 12.5. The van der Waals surface area contributed by atoms with E-state index in [1.54, 1.807) is 35.2 Å². The molecule has 3 heterocycles. The Bertz CT molecular complexity index is 1550. The van der Waals surface area contributed by atoms with Gasteiger partial charge in [0.1, 0.15) is 11.5 Å². The quantitative estimate of drug-likeness (QED) is 0.271. The Balaban J connectivity index is 1.23. The summed E-state index contributed by atoms with van der Waals surface area (Å²) in [5.74, 6) is 0.874. The summed E-state index contributed by atoms with van der Waals surface area (Å²) in [7, 11) is 0. The van der Waals surface area contributed by atoms with Crippen molar-refractivity contribution in [3.8, 4) is 28.4 Å². The molecule has 39 heavy (non-hydrogen) atoms. The summed E-state index contributed by atoms with van der Waals surface area (Å²) in [4.78, 5) is 28.6. The molecule has 6 rings (SSSR count). The first-order chi connectivity index (χ1) is 18.9. The highest BCUT2D eigenvalue weighted by Crippen LogP contribution is 2.33. The van der Waals surface area contributed by atoms with E-state index in [1.165, 1.54) is 28.9 Å². The molecule has 2 aliphatic rings. The molecule has 0 unspecified atom stereocenters. The molecule has 1 saturated heterocycles. The Kier molecular flexibility index (Phi) is 6.41. The van der Waals surface area contributed by atoms with Crippen molar-refractivity contribution in [3.63, 3.8) is 0 Å². The summed E-state index contributed by atoms with van der Waals surface area (Å²) in [6.07, 6.45) is 0. The minimum atomic E-state index is -0.491. The molecule has 0 bridgehead atoms. The molecule has 198 valence electrons. The average molecular weight is 530 g/mol. The second kappa shape index (κ2) is 10.2. The van der Waals surface area contributed by atoms with E-state index < -0.39 is 4.92 Å². The van der Waals surface area contributed by atoms with E-state index in [2.05, 4.69) is 10.00 Å². The van der Waals surface area contributed by atoms with Crippen molar-refractivity contribution in [2.45, 2.75) is 6.54 Å². The van der Waals surface area contributed by atoms with Gasteiger partial charge in [0.15, 0.2) is 11.5 Å². The highest BCUT2D eigenvalue weighted by atomic mass is 19.1. The number of carbonyl (C=O) groups is 1. The monoisotopic (exact) mass is 529 g/mol. The molecule has 1 aromatic heterocycles. The van der Waals surface area contributed by atoms with Crippen molar-refractivity contribution in [1.29, 1.82) is 0 Å². The highest BCUT2D eigenvalue weighted by Gasteiger charge is 2.27. The number of non-ortho nitro benzene ring substituents is 1. The number of piperazine rings is 1. The van der Waals surface area contributed by atoms with E-state index in [0.29, 0.717) is 43.1 Å². The smallest absolute Gasteiger partial charge is 0.272 e. The van der Waals surface area contributed by atoms with Crippen molar-refractivity contribution < 1.29 is 23.6 Å². The molecule has 0 N–H and O–H groups in total. The molecule has 0 atom stereocenters. The molecule has 0 radical (unpaired) electrons. The zero-order valence-corrected chi connectivity index (χ0v) is 20.8. The van der Waals surface area contributed by atoms with Crippen LogP contribution in [0.4, 0.5) is 10.1 Å². The van der Waals surface area contributed by atoms with Gasteiger partial charge in [0.25, 0.3) is 11.6 Å². The van der Waals surface area contributed by atoms with Crippen molar-refractivity contribution in [2.75, 3.05) is 33.0 Å². The Morgan fingerprint density at radius 1 is 0.949 bits per heavy atom. The molecule has 11 heteroatoms. The van der Waals surface area contributed by atoms with Crippen LogP contribution in [0.3, 0.4) is 0 Å². The number of nitro groups is 1. The lowest BCUT2D eigenvalue weighted by Gasteiger charge is -2.34. The standard InChI is InChI=1S/C28H24FN5O5/c29-21-7-5-20(6-8-21)24-16-25(33(30-24)22-2-1-3-23(15-22)34(36)37)28(35)32-12-10-31(11-13-32)17-19-4-9-26-27(14-19)39-18-38-26/h1-9,14-16H,10-13,17-18H2. The van der Waals surface area contributed by atoms with Crippen LogP contribution in [0, 0.1) is 15.9 Å². The lowest BCUT2D eigenvalue weighted by atomic mass is 10.1. The van der Waals surface area contributed by atoms with E-state index in [0.717, 1.165) is 23.6 Å². The first-order valence-corrected chi connectivity index (χ1v) is 12.5. The van der Waals surface area contributed by atoms with Crippen LogP contribution < -0.4 is 9.47 Å². The summed E-state index contributed by atoms with van der Waals surface area (Å²) in [6.45, 7) is 3.32. The number of nitro benzene ring substituents is 1. The van der Waals surface area contributed by atoms with Crippen LogP contribution in [0.5, 0.6) is 11.5 Å². The minimum Gasteiger partial charge on any atom is -0.454 e. The average Bonchev–Trinajstić information content (AvgIpc) is 3.61. The van der Waals surface area contributed by atoms with Gasteiger partial charge in [-0.3, -0.25) is 19.8 Å². The Labute approximate surface area is 222 Å². The fourth-order valence-electron chi connectivity index (χ4n) is 4.80. The minimum absolute atomic E-state index is 0.109. The third-order valence-corrected chi connectivity index (χ3v) is 6.86. The molecule has 1 fully saturated rings. The summed E-state index contributed by atoms with van der Waals surface area (Å²) >= 11 is 0. The fraction of sp³-hybridized carbons (Fsp3) is 0.214. The number of carbonyl (C=O) groups excluding carboxylic acids is 1. The maximum absolute atomic E-state index is 13.7. The molecule has 0 saturated carbocycles. The van der Waals surface area contributed by atoms with Gasteiger partial charge < -0.3 is 14.4 Å². The molecule has 2 aliphatic heterocycles. The van der Waals surface area contributed by atoms with Crippen LogP contribution in [0.1, 0.15) is 16.1 Å². The second-order valence-corrected chi connectivity index (χ2v) is 9.37. The third-order valence-electron chi connectivity index (χ3n) is 6.86. The number of rotatable bonds is 6. The summed E-state index contributed by atoms with van der Waals surface area (Å²) < 4.78 is 25.8. The van der Waals surface area contributed by atoms with E-state index in [-0.39, 0.29) is 29.9 Å². The van der Waals surface area contributed by atoms with E-state index >= 15 is 0 Å². The molecule has 3 aromatic carbocycles. The number of benzene rings is 3. The molecular weight excluding hydrogens is 505 g/mol. The van der Waals surface area contributed by atoms with Crippen LogP contribution in [-0.4, -0.2) is 63.4 Å². The Hall–Kier alpha value is -4.77. The maximum atomic E-state index is 13.7. The van der Waals surface area contributed by atoms with Crippen LogP contribution in [-0.2, 0) is 6.54 Å². The molecule has 0 spiro atoms. The van der Waals surface area contributed by atoms with Gasteiger partial charge >= 0.3 is 0 Å². The molecule has 4 aromatic rings. The van der Waals surface area contributed by atoms with Gasteiger partial charge in [0.05, 0.1) is 16.3 Å². The summed E-state index contributed by atoms with van der Waals surface area (Å²) in [5, 5.41) is 16.0. The van der Waals surface area contributed by atoms with Gasteiger partial charge in [-0.05, 0) is 54.1 Å². The number of ether oxygens (including phenoxy) is 2. The van der Waals surface area contributed by atoms with Gasteiger partial charge in [-0.15, -0.1) is 0 Å². The summed E-state index contributed by atoms with van der Waals surface area (Å²) in [6, 6.07) is 19.3. The predicted molar refractivity (Wildman–Crippen MR) is 139 cm³/mol. The van der Waals surface area contributed by atoms with Gasteiger partial charge in [-0.2, -0.15) is 5.10 Å². The van der Waals surface area contributed by atoms with E-state index in [1.807, 2.05) is 18.2 Å². The topological polar surface area (TPSA) is 103 Å². The van der Waals surface area contributed by atoms with Crippen LogP contribution in [0.25, 0.3) is 16.9 Å². The Morgan fingerprint density at radius 3 is 2.49 bits per heavy atom. The largest absolute Gasteiger partial charge is 0.454 e. The Morgan fingerprint density at radius 2 is 1.72 bits per heavy atom. The van der Waals surface area contributed by atoms with Gasteiger partial charge in [-0.1, -0.05) is 12.1 Å². The van der Waals surface area contributed by atoms with Crippen LogP contribution in [0.2, 0.25) is 0 Å². The number of nitrogens with zero attached hydrogens (tertiary/aromatic N) is 5. The zero-order chi connectivity index (χ0) is 26.9. The number of amides is 1. The molecule has 1 amide bonds. The third kappa shape index (κ3) is 5.04. The number of fused-ring (bicyclic) bond motifs is 1. The molecule has 0 aliphatic carbocycles. The second-order valence-electron chi connectivity index (χ2n) is 9.37. The normalized spacial score (nSPS) is 14.9. The maximum Gasteiger partial charge on any atom is 0.272 e. The van der Waals surface area contributed by atoms with Crippen molar-refractivity contribution >= 4 is 11.6 Å². The number of aromatic nitrogens is 2. The number of hydrogen-bond donors (Lipinski definition) is 0. The van der Waals surface area contributed by atoms with Crippen molar-refractivity contribution in [1.82, 2.24) is 19.6 Å². The van der Waals surface area contributed by atoms with Gasteiger partial charge in [0.2, 0.25) is 6.79 Å². The summed E-state index contributed by atoms with van der Waals surface area (Å²) in [5.41, 5.74) is 2.75. The van der Waals surface area contributed by atoms with Gasteiger partial charge in [0, 0.05) is 50.4 Å². The van der Waals surface area contributed by atoms with Crippen molar-refractivity contribution in [3.05, 3.63) is 100.0 Å². The highest BCUT2D eigenvalue weighted by molar-refractivity contribution is 5.94. The van der Waals surface area contributed by atoms with E-state index in [4.69, 9.17) is 9.47 Å². The predicted octanol–water partition coefficient (Wildman–Crippen LogP) is 4.27. The lowest BCUT2D eigenvalue weighted by Crippen LogP contribution is -2.48. The SMILES string of the molecule is O=C(c1cc(-c2ccc(F)cc2)nn1-c1cccc([N+](=O)[O-])c1)N1CCN(Cc2ccc3c(c2)OCO3)CC1. The number of hydrogen-bond acceptors (Lipinski definition) is 7. The van der Waals surface area contributed by atoms with Crippen molar-refractivity contribution in [2.24, 2.45) is 0 Å². The van der Waals surface area contributed by atoms with Crippen LogP contribution >= 0.6 is 0 Å². The first kappa shape index (κ1) is 24.6. The zero-order valence-electron chi connectivity index (χ0n) is 20.8. The lowest BCUT2D eigenvalue weighted by molar-refractivity contribution is -0.384. The molecular formula is C28H24FN5O5. The van der Waals surface area contributed by atoms with Crippen LogP contribution in [0.15, 0.2) is 72.8 Å². The molecule has 10 nitrogen and oxygen atoms in total. The fourth-order valence-corrected chi connectivity index (χ4v) is 4.80. The number of halogens is 1. The van der Waals surface area contributed by atoms with Gasteiger partial charge in [-0.25, -0.2) is 9.07 Å². The van der Waals surface area contributed by atoms with E-state index in [9.17, 15) is 19.3 Å².